The second kappa shape index (κ2) is 11.7. The van der Waals surface area contributed by atoms with Gasteiger partial charge in [-0.25, -0.2) is 27.7 Å². The summed E-state index contributed by atoms with van der Waals surface area (Å²) in [5.41, 5.74) is -0.746. The van der Waals surface area contributed by atoms with Crippen LogP contribution in [0.4, 0.5) is 8.78 Å². The minimum absolute atomic E-state index is 0.0371. The Bertz CT molecular complexity index is 1700. The largest absolute Gasteiger partial charge is 0.471 e. The summed E-state index contributed by atoms with van der Waals surface area (Å²) in [4.78, 5) is 55.0. The van der Waals surface area contributed by atoms with Gasteiger partial charge in [0.25, 0.3) is 5.56 Å². The van der Waals surface area contributed by atoms with Gasteiger partial charge in [0.15, 0.2) is 5.02 Å². The third kappa shape index (κ3) is 5.65. The van der Waals surface area contributed by atoms with Crippen LogP contribution in [-0.2, 0) is 13.2 Å². The van der Waals surface area contributed by atoms with Crippen molar-refractivity contribution in [3.63, 3.8) is 0 Å². The third-order valence-electron chi connectivity index (χ3n) is 5.74. The van der Waals surface area contributed by atoms with Crippen LogP contribution in [0.3, 0.4) is 0 Å². The summed E-state index contributed by atoms with van der Waals surface area (Å²) in [5.74, 6) is -3.11. The molecule has 0 saturated carbocycles. The Morgan fingerprint density at radius 2 is 1.82 bits per heavy atom. The topological polar surface area (TPSA) is 137 Å². The van der Waals surface area contributed by atoms with E-state index in [4.69, 9.17) is 21.4 Å². The van der Waals surface area contributed by atoms with Crippen LogP contribution in [0.5, 0.6) is 5.88 Å². The van der Waals surface area contributed by atoms with Crippen LogP contribution in [0, 0.1) is 11.6 Å². The summed E-state index contributed by atoms with van der Waals surface area (Å²) in [6.45, 7) is -1.07. The summed E-state index contributed by atoms with van der Waals surface area (Å²) in [6, 6.07) is 7.45. The Kier molecular flexibility index (Phi) is 8.33. The van der Waals surface area contributed by atoms with Crippen LogP contribution in [-0.4, -0.2) is 55.8 Å². The van der Waals surface area contributed by atoms with Crippen molar-refractivity contribution >= 4 is 34.4 Å². The SMILES string of the molecule is CNCC(=O)n1c(=O)n(C(=O)CCO)c2ccc(Cn3cnc(OCc4ccc(F)cc4F)c(Cl)c3=O)cc21. The maximum atomic E-state index is 13.9. The molecule has 11 nitrogen and oxygen atoms in total. The monoisotopic (exact) mass is 561 g/mol. The van der Waals surface area contributed by atoms with Gasteiger partial charge in [-0.3, -0.25) is 19.0 Å². The number of nitrogens with zero attached hydrogens (tertiary/aromatic N) is 4. The highest BCUT2D eigenvalue weighted by Crippen LogP contribution is 2.21. The highest BCUT2D eigenvalue weighted by atomic mass is 35.5. The van der Waals surface area contributed by atoms with E-state index in [1.165, 1.54) is 25.2 Å². The number of ether oxygens (including phenoxy) is 1. The second-order valence-electron chi connectivity index (χ2n) is 8.39. The minimum atomic E-state index is -0.873. The molecule has 0 aliphatic rings. The fraction of sp³-hybridized carbons (Fsp3) is 0.240. The molecule has 0 bridgehead atoms. The zero-order valence-electron chi connectivity index (χ0n) is 20.5. The predicted molar refractivity (Wildman–Crippen MR) is 136 cm³/mol. The van der Waals surface area contributed by atoms with Crippen molar-refractivity contribution < 1.29 is 28.2 Å². The van der Waals surface area contributed by atoms with Crippen LogP contribution in [0.1, 0.15) is 27.1 Å². The van der Waals surface area contributed by atoms with Crippen LogP contribution >= 0.6 is 11.6 Å². The molecule has 39 heavy (non-hydrogen) atoms. The molecular formula is C25H22ClF2N5O6. The molecule has 0 amide bonds. The first-order valence-corrected chi connectivity index (χ1v) is 11.9. The molecule has 0 unspecified atom stereocenters. The average molecular weight is 562 g/mol. The fourth-order valence-corrected chi connectivity index (χ4v) is 4.12. The highest BCUT2D eigenvalue weighted by molar-refractivity contribution is 6.31. The Morgan fingerprint density at radius 1 is 1.08 bits per heavy atom. The Labute approximate surface area is 223 Å². The third-order valence-corrected chi connectivity index (χ3v) is 6.06. The molecule has 4 rings (SSSR count). The van der Waals surface area contributed by atoms with Gasteiger partial charge in [0.2, 0.25) is 17.7 Å². The van der Waals surface area contributed by atoms with Gasteiger partial charge in [-0.15, -0.1) is 0 Å². The van der Waals surface area contributed by atoms with Crippen molar-refractivity contribution in [2.24, 2.45) is 0 Å². The standard InChI is InChI=1S/C25H22ClF2N5O6/c1-29-10-21(36)33-19-8-14(2-5-18(19)32(25(33)38)20(35)6-7-34)11-31-13-30-23(22(26)24(31)37)39-12-15-3-4-16(27)9-17(15)28/h2-5,8-9,13,29,34H,6-7,10-12H2,1H3. The minimum Gasteiger partial charge on any atom is -0.471 e. The zero-order chi connectivity index (χ0) is 28.3. The van der Waals surface area contributed by atoms with E-state index in [9.17, 15) is 28.0 Å². The molecule has 2 aromatic carbocycles. The predicted octanol–water partition coefficient (Wildman–Crippen LogP) is 1.80. The van der Waals surface area contributed by atoms with E-state index in [1.54, 1.807) is 6.07 Å². The van der Waals surface area contributed by atoms with Gasteiger partial charge >= 0.3 is 5.69 Å². The Morgan fingerprint density at radius 3 is 2.51 bits per heavy atom. The molecule has 0 fully saturated rings. The molecule has 2 aromatic heterocycles. The number of aromatic nitrogens is 4. The normalized spacial score (nSPS) is 11.2. The first-order chi connectivity index (χ1) is 18.7. The van der Waals surface area contributed by atoms with Gasteiger partial charge in [0, 0.05) is 11.6 Å². The number of nitrogens with one attached hydrogen (secondary N) is 1. The van der Waals surface area contributed by atoms with Crippen molar-refractivity contribution in [1.29, 1.82) is 0 Å². The zero-order valence-corrected chi connectivity index (χ0v) is 21.2. The molecule has 14 heteroatoms. The number of halogens is 3. The highest BCUT2D eigenvalue weighted by Gasteiger charge is 2.22. The van der Waals surface area contributed by atoms with Crippen molar-refractivity contribution in [3.8, 4) is 5.88 Å². The van der Waals surface area contributed by atoms with Gasteiger partial charge in [0.05, 0.1) is 37.2 Å². The number of benzene rings is 2. The van der Waals surface area contributed by atoms with Crippen LogP contribution < -0.4 is 21.3 Å². The van der Waals surface area contributed by atoms with Gasteiger partial charge in [0.1, 0.15) is 24.6 Å². The van der Waals surface area contributed by atoms with E-state index in [0.29, 0.717) is 11.6 Å². The quantitative estimate of drug-likeness (QED) is 0.316. The van der Waals surface area contributed by atoms with Gasteiger partial charge in [-0.2, -0.15) is 0 Å². The molecule has 4 aromatic rings. The lowest BCUT2D eigenvalue weighted by Gasteiger charge is -2.11. The van der Waals surface area contributed by atoms with Crippen LogP contribution in [0.15, 0.2) is 52.3 Å². The van der Waals surface area contributed by atoms with Gasteiger partial charge in [-0.05, 0) is 36.9 Å². The lowest BCUT2D eigenvalue weighted by atomic mass is 10.2. The van der Waals surface area contributed by atoms with Crippen LogP contribution in [0.2, 0.25) is 5.02 Å². The number of hydrogen-bond donors (Lipinski definition) is 2. The molecule has 0 aliphatic heterocycles. The summed E-state index contributed by atoms with van der Waals surface area (Å²) in [6.07, 6.45) is 0.840. The molecular weight excluding hydrogens is 540 g/mol. The number of aliphatic hydroxyl groups is 1. The molecule has 0 spiro atoms. The van der Waals surface area contributed by atoms with Crippen molar-refractivity contribution in [2.75, 3.05) is 20.2 Å². The number of hydrogen-bond acceptors (Lipinski definition) is 8. The molecule has 0 aliphatic carbocycles. The van der Waals surface area contributed by atoms with E-state index >= 15 is 0 Å². The van der Waals surface area contributed by atoms with E-state index < -0.39 is 41.3 Å². The maximum absolute atomic E-state index is 13.9. The van der Waals surface area contributed by atoms with Gasteiger partial charge in [-0.1, -0.05) is 17.7 Å². The summed E-state index contributed by atoms with van der Waals surface area (Å²) < 4.78 is 35.2. The summed E-state index contributed by atoms with van der Waals surface area (Å²) >= 11 is 6.15. The number of fused-ring (bicyclic) bond motifs is 1. The number of rotatable bonds is 9. The summed E-state index contributed by atoms with van der Waals surface area (Å²) in [7, 11) is 1.52. The maximum Gasteiger partial charge on any atom is 0.342 e. The lowest BCUT2D eigenvalue weighted by Crippen LogP contribution is -2.36. The first kappa shape index (κ1) is 27.8. The average Bonchev–Trinajstić information content (AvgIpc) is 3.18. The molecule has 204 valence electrons. The molecule has 0 radical (unpaired) electrons. The van der Waals surface area contributed by atoms with Crippen LogP contribution in [0.25, 0.3) is 11.0 Å². The van der Waals surface area contributed by atoms with E-state index in [1.807, 2.05) is 0 Å². The fourth-order valence-electron chi connectivity index (χ4n) is 3.91. The van der Waals surface area contributed by atoms with E-state index in [0.717, 1.165) is 26.1 Å². The van der Waals surface area contributed by atoms with Gasteiger partial charge < -0.3 is 15.2 Å². The van der Waals surface area contributed by atoms with E-state index in [-0.39, 0.29) is 53.6 Å². The molecule has 0 atom stereocenters. The Hall–Kier alpha value is -4.20. The number of imidazole rings is 1. The number of likely N-dealkylation sites (N-methyl/N-ethyl adjacent to an activating group) is 1. The lowest BCUT2D eigenvalue weighted by molar-refractivity contribution is 0.0872. The number of carbonyl (C=O) groups is 2. The van der Waals surface area contributed by atoms with Crippen molar-refractivity contribution in [3.05, 3.63) is 91.3 Å². The molecule has 2 heterocycles. The smallest absolute Gasteiger partial charge is 0.342 e. The number of carbonyl (C=O) groups excluding carboxylic acids is 2. The molecule has 2 N–H and O–H groups in total. The first-order valence-electron chi connectivity index (χ1n) is 11.6. The second-order valence-corrected chi connectivity index (χ2v) is 8.77. The number of aliphatic hydroxyl groups excluding tert-OH is 1. The summed E-state index contributed by atoms with van der Waals surface area (Å²) in [5, 5.41) is 11.4. The molecule has 0 saturated heterocycles. The van der Waals surface area contributed by atoms with Crippen molar-refractivity contribution in [1.82, 2.24) is 24.0 Å². The van der Waals surface area contributed by atoms with E-state index in [2.05, 4.69) is 10.3 Å². The van der Waals surface area contributed by atoms with Crippen molar-refractivity contribution in [2.45, 2.75) is 19.6 Å². The Balaban J connectivity index is 1.65.